The standard InChI is InChI=1S/C7H7N3S2/c8-6-12-11-4-1-7-5-9-2-3-10-7/h2-3,5H,1,4H2. The summed E-state index contributed by atoms with van der Waals surface area (Å²) in [6, 6.07) is 0. The van der Waals surface area contributed by atoms with Crippen molar-refractivity contribution in [2.24, 2.45) is 0 Å². The van der Waals surface area contributed by atoms with Gasteiger partial charge in [0.15, 0.2) is 0 Å². The van der Waals surface area contributed by atoms with Crippen molar-refractivity contribution in [3.8, 4) is 5.40 Å². The van der Waals surface area contributed by atoms with Crippen LogP contribution >= 0.6 is 21.6 Å². The minimum absolute atomic E-state index is 0.868. The molecule has 0 aromatic carbocycles. The number of rotatable bonds is 4. The maximum absolute atomic E-state index is 8.23. The second-order valence-corrected chi connectivity index (χ2v) is 4.14. The molecule has 3 nitrogen and oxygen atoms in total. The van der Waals surface area contributed by atoms with E-state index in [1.807, 2.05) is 5.40 Å². The second-order valence-electron chi connectivity index (χ2n) is 1.94. The first kappa shape index (κ1) is 9.36. The van der Waals surface area contributed by atoms with Crippen LogP contribution in [-0.2, 0) is 6.42 Å². The lowest BCUT2D eigenvalue weighted by atomic mass is 10.4. The molecule has 62 valence electrons. The Labute approximate surface area is 79.0 Å². The normalized spacial score (nSPS) is 9.25. The highest BCUT2D eigenvalue weighted by atomic mass is 33.1. The number of nitriles is 1. The largest absolute Gasteiger partial charge is 0.261 e. The summed E-state index contributed by atoms with van der Waals surface area (Å²) in [5.41, 5.74) is 0.975. The van der Waals surface area contributed by atoms with Crippen molar-refractivity contribution in [2.45, 2.75) is 6.42 Å². The number of thiocyanates is 1. The fraction of sp³-hybridized carbons (Fsp3) is 0.286. The van der Waals surface area contributed by atoms with Crippen LogP contribution in [0, 0.1) is 10.7 Å². The number of aryl methyl sites for hydroxylation is 1. The molecule has 0 aliphatic carbocycles. The van der Waals surface area contributed by atoms with E-state index in [-0.39, 0.29) is 0 Å². The maximum Gasteiger partial charge on any atom is 0.144 e. The van der Waals surface area contributed by atoms with Crippen molar-refractivity contribution in [1.82, 2.24) is 9.97 Å². The van der Waals surface area contributed by atoms with Crippen LogP contribution in [0.4, 0.5) is 0 Å². The third-order valence-corrected chi connectivity index (χ3v) is 2.79. The summed E-state index contributed by atoms with van der Waals surface area (Å²) in [5.74, 6) is 0.900. The Morgan fingerprint density at radius 2 is 2.42 bits per heavy atom. The summed E-state index contributed by atoms with van der Waals surface area (Å²) < 4.78 is 0. The van der Waals surface area contributed by atoms with Crippen molar-refractivity contribution in [3.05, 3.63) is 24.3 Å². The Morgan fingerprint density at radius 1 is 1.50 bits per heavy atom. The lowest BCUT2D eigenvalue weighted by molar-refractivity contribution is 1.01. The molecule has 0 saturated heterocycles. The third kappa shape index (κ3) is 3.60. The van der Waals surface area contributed by atoms with E-state index in [0.29, 0.717) is 0 Å². The fourth-order valence-electron chi connectivity index (χ4n) is 0.673. The van der Waals surface area contributed by atoms with E-state index >= 15 is 0 Å². The Morgan fingerprint density at radius 3 is 3.08 bits per heavy atom. The third-order valence-electron chi connectivity index (χ3n) is 1.15. The Bertz CT molecular complexity index is 257. The number of aromatic nitrogens is 2. The Balaban J connectivity index is 2.21. The second kappa shape index (κ2) is 5.86. The summed E-state index contributed by atoms with van der Waals surface area (Å²) in [5, 5.41) is 10.2. The zero-order valence-corrected chi connectivity index (χ0v) is 7.94. The predicted molar refractivity (Wildman–Crippen MR) is 51.4 cm³/mol. The molecule has 0 amide bonds. The van der Waals surface area contributed by atoms with Gasteiger partial charge in [-0.15, -0.1) is 0 Å². The molecule has 1 aromatic heterocycles. The molecule has 0 atom stereocenters. The highest BCUT2D eigenvalue weighted by molar-refractivity contribution is 8.78. The fourth-order valence-corrected chi connectivity index (χ4v) is 1.76. The van der Waals surface area contributed by atoms with Gasteiger partial charge in [-0.25, -0.2) is 0 Å². The first-order valence-electron chi connectivity index (χ1n) is 3.36. The van der Waals surface area contributed by atoms with Gasteiger partial charge < -0.3 is 0 Å². The molecule has 0 aliphatic rings. The van der Waals surface area contributed by atoms with E-state index in [1.165, 1.54) is 21.6 Å². The van der Waals surface area contributed by atoms with Gasteiger partial charge in [0, 0.05) is 41.6 Å². The van der Waals surface area contributed by atoms with Gasteiger partial charge in [-0.3, -0.25) is 9.97 Å². The lowest BCUT2D eigenvalue weighted by Crippen LogP contribution is -1.91. The quantitative estimate of drug-likeness (QED) is 0.419. The van der Waals surface area contributed by atoms with Crippen LogP contribution in [0.1, 0.15) is 5.69 Å². The SMILES string of the molecule is N#CSSCCc1cnccn1. The van der Waals surface area contributed by atoms with Gasteiger partial charge >= 0.3 is 0 Å². The van der Waals surface area contributed by atoms with E-state index in [1.54, 1.807) is 18.6 Å². The highest BCUT2D eigenvalue weighted by Gasteiger charge is 1.93. The zero-order valence-electron chi connectivity index (χ0n) is 6.30. The molecular formula is C7H7N3S2. The number of nitrogens with zero attached hydrogens (tertiary/aromatic N) is 3. The van der Waals surface area contributed by atoms with E-state index in [0.717, 1.165) is 17.9 Å². The van der Waals surface area contributed by atoms with Crippen LogP contribution in [0.2, 0.25) is 0 Å². The van der Waals surface area contributed by atoms with Gasteiger partial charge in [-0.05, 0) is 0 Å². The van der Waals surface area contributed by atoms with E-state index in [4.69, 9.17) is 5.26 Å². The molecule has 0 radical (unpaired) electrons. The summed E-state index contributed by atoms with van der Waals surface area (Å²) in [6.07, 6.45) is 5.95. The van der Waals surface area contributed by atoms with Crippen LogP contribution < -0.4 is 0 Å². The molecular weight excluding hydrogens is 190 g/mol. The average molecular weight is 197 g/mol. The molecule has 0 saturated carbocycles. The molecule has 1 rings (SSSR count). The first-order valence-corrected chi connectivity index (χ1v) is 5.68. The molecule has 0 spiro atoms. The van der Waals surface area contributed by atoms with Gasteiger partial charge in [0.1, 0.15) is 5.40 Å². The van der Waals surface area contributed by atoms with Crippen molar-refractivity contribution in [3.63, 3.8) is 0 Å². The van der Waals surface area contributed by atoms with Gasteiger partial charge in [0.05, 0.1) is 5.69 Å². The van der Waals surface area contributed by atoms with Crippen LogP contribution in [0.15, 0.2) is 18.6 Å². The Hall–Kier alpha value is -0.730. The maximum atomic E-state index is 8.23. The molecule has 0 unspecified atom stereocenters. The molecule has 0 bridgehead atoms. The lowest BCUT2D eigenvalue weighted by Gasteiger charge is -1.95. The minimum Gasteiger partial charge on any atom is -0.261 e. The van der Waals surface area contributed by atoms with Gasteiger partial charge in [-0.2, -0.15) is 5.26 Å². The minimum atomic E-state index is 0.868. The van der Waals surface area contributed by atoms with Gasteiger partial charge in [0.2, 0.25) is 0 Å². The topological polar surface area (TPSA) is 49.6 Å². The van der Waals surface area contributed by atoms with E-state index in [2.05, 4.69) is 9.97 Å². The molecule has 1 aromatic rings. The number of hydrogen-bond acceptors (Lipinski definition) is 5. The molecule has 0 fully saturated rings. The summed E-state index contributed by atoms with van der Waals surface area (Å²) in [7, 11) is 2.74. The van der Waals surface area contributed by atoms with Crippen molar-refractivity contribution >= 4 is 21.6 Å². The zero-order chi connectivity index (χ0) is 8.65. The summed E-state index contributed by atoms with van der Waals surface area (Å²) in [6.45, 7) is 0. The monoisotopic (exact) mass is 197 g/mol. The van der Waals surface area contributed by atoms with Gasteiger partial charge in [0.25, 0.3) is 0 Å². The van der Waals surface area contributed by atoms with E-state index in [9.17, 15) is 0 Å². The van der Waals surface area contributed by atoms with Crippen molar-refractivity contribution in [1.29, 1.82) is 5.26 Å². The van der Waals surface area contributed by atoms with Crippen molar-refractivity contribution < 1.29 is 0 Å². The predicted octanol–water partition coefficient (Wildman–Crippen LogP) is 1.88. The summed E-state index contributed by atoms with van der Waals surface area (Å²) >= 11 is 0. The van der Waals surface area contributed by atoms with Gasteiger partial charge in [-0.1, -0.05) is 10.8 Å². The van der Waals surface area contributed by atoms with E-state index < -0.39 is 0 Å². The highest BCUT2D eigenvalue weighted by Crippen LogP contribution is 2.19. The first-order chi connectivity index (χ1) is 5.93. The molecule has 5 heteroatoms. The smallest absolute Gasteiger partial charge is 0.144 e. The van der Waals surface area contributed by atoms with Crippen molar-refractivity contribution in [2.75, 3.05) is 5.75 Å². The summed E-state index contributed by atoms with van der Waals surface area (Å²) in [4.78, 5) is 8.05. The van der Waals surface area contributed by atoms with Crippen LogP contribution in [-0.4, -0.2) is 15.7 Å². The van der Waals surface area contributed by atoms with Crippen LogP contribution in [0.5, 0.6) is 0 Å². The average Bonchev–Trinajstić information content (AvgIpc) is 2.14. The van der Waals surface area contributed by atoms with Crippen LogP contribution in [0.25, 0.3) is 0 Å². The molecule has 12 heavy (non-hydrogen) atoms. The molecule has 0 N–H and O–H groups in total. The molecule has 0 aliphatic heterocycles. The molecule has 1 heterocycles. The Kier molecular flexibility index (Phi) is 4.57. The number of hydrogen-bond donors (Lipinski definition) is 0. The van der Waals surface area contributed by atoms with Crippen LogP contribution in [0.3, 0.4) is 0 Å².